The highest BCUT2D eigenvalue weighted by molar-refractivity contribution is 7.89. The number of hydrogen-bond acceptors (Lipinski definition) is 4. The van der Waals surface area contributed by atoms with Crippen LogP contribution in [0.15, 0.2) is 41.3 Å². The Bertz CT molecular complexity index is 916. The van der Waals surface area contributed by atoms with Crippen molar-refractivity contribution in [3.05, 3.63) is 53.1 Å². The third kappa shape index (κ3) is 4.50. The monoisotopic (exact) mass is 402 g/mol. The summed E-state index contributed by atoms with van der Waals surface area (Å²) >= 11 is 0. The average molecular weight is 403 g/mol. The fourth-order valence-corrected chi connectivity index (χ4v) is 4.93. The lowest BCUT2D eigenvalue weighted by atomic mass is 10.0. The van der Waals surface area contributed by atoms with Crippen LogP contribution >= 0.6 is 0 Å². The first-order valence-corrected chi connectivity index (χ1v) is 11.3. The van der Waals surface area contributed by atoms with Crippen LogP contribution in [-0.2, 0) is 16.6 Å². The van der Waals surface area contributed by atoms with Gasteiger partial charge in [-0.3, -0.25) is 0 Å². The van der Waals surface area contributed by atoms with E-state index in [0.717, 1.165) is 30.0 Å². The zero-order chi connectivity index (χ0) is 20.3. The Morgan fingerprint density at radius 3 is 2.32 bits per heavy atom. The van der Waals surface area contributed by atoms with E-state index in [4.69, 9.17) is 4.74 Å². The molecule has 28 heavy (non-hydrogen) atoms. The average Bonchev–Trinajstić information content (AvgIpc) is 3.21. The molecule has 0 amide bonds. The Labute approximate surface area is 168 Å². The SMILES string of the molecule is COc1cc(C)c(S(=O)(=O)NCc2ccc(N3CCCC3)cc2)cc1C(C)C. The van der Waals surface area contributed by atoms with Gasteiger partial charge in [0.05, 0.1) is 12.0 Å². The molecule has 3 rings (SSSR count). The predicted octanol–water partition coefficient (Wildman–Crippen LogP) is 4.21. The summed E-state index contributed by atoms with van der Waals surface area (Å²) in [4.78, 5) is 2.67. The fourth-order valence-electron chi connectivity index (χ4n) is 3.65. The molecule has 1 aliphatic rings. The lowest BCUT2D eigenvalue weighted by Gasteiger charge is -2.18. The van der Waals surface area contributed by atoms with Gasteiger partial charge in [-0.15, -0.1) is 0 Å². The molecule has 1 heterocycles. The largest absolute Gasteiger partial charge is 0.496 e. The van der Waals surface area contributed by atoms with Crippen molar-refractivity contribution in [1.29, 1.82) is 0 Å². The first-order valence-electron chi connectivity index (χ1n) is 9.84. The lowest BCUT2D eigenvalue weighted by Crippen LogP contribution is -2.24. The van der Waals surface area contributed by atoms with E-state index in [1.54, 1.807) is 26.2 Å². The summed E-state index contributed by atoms with van der Waals surface area (Å²) in [7, 11) is -2.00. The Morgan fingerprint density at radius 2 is 1.75 bits per heavy atom. The number of nitrogens with one attached hydrogen (secondary N) is 1. The van der Waals surface area contributed by atoms with Gasteiger partial charge in [0.1, 0.15) is 5.75 Å². The van der Waals surface area contributed by atoms with Crippen LogP contribution in [0.4, 0.5) is 5.69 Å². The Hall–Kier alpha value is -2.05. The molecule has 5 nitrogen and oxygen atoms in total. The highest BCUT2D eigenvalue weighted by Gasteiger charge is 2.21. The molecule has 1 N–H and O–H groups in total. The van der Waals surface area contributed by atoms with E-state index in [-0.39, 0.29) is 12.5 Å². The first kappa shape index (κ1) is 20.7. The molecule has 0 radical (unpaired) electrons. The summed E-state index contributed by atoms with van der Waals surface area (Å²) in [5.74, 6) is 0.895. The molecule has 2 aromatic carbocycles. The summed E-state index contributed by atoms with van der Waals surface area (Å²) in [5, 5.41) is 0. The van der Waals surface area contributed by atoms with Gasteiger partial charge in [-0.1, -0.05) is 26.0 Å². The van der Waals surface area contributed by atoms with E-state index >= 15 is 0 Å². The maximum Gasteiger partial charge on any atom is 0.241 e. The molecular weight excluding hydrogens is 372 g/mol. The minimum absolute atomic E-state index is 0.169. The predicted molar refractivity (Wildman–Crippen MR) is 114 cm³/mol. The van der Waals surface area contributed by atoms with Crippen LogP contribution in [-0.4, -0.2) is 28.6 Å². The third-order valence-electron chi connectivity index (χ3n) is 5.31. The minimum Gasteiger partial charge on any atom is -0.496 e. The molecule has 0 bridgehead atoms. The number of hydrogen-bond donors (Lipinski definition) is 1. The van der Waals surface area contributed by atoms with Gasteiger partial charge in [-0.25, -0.2) is 13.1 Å². The van der Waals surface area contributed by atoms with Crippen molar-refractivity contribution in [1.82, 2.24) is 4.72 Å². The van der Waals surface area contributed by atoms with Crippen LogP contribution in [0.2, 0.25) is 0 Å². The first-order chi connectivity index (χ1) is 13.3. The molecule has 6 heteroatoms. The maximum atomic E-state index is 12.9. The van der Waals surface area contributed by atoms with Gasteiger partial charge < -0.3 is 9.64 Å². The van der Waals surface area contributed by atoms with Gasteiger partial charge >= 0.3 is 0 Å². The molecule has 1 fully saturated rings. The second-order valence-electron chi connectivity index (χ2n) is 7.70. The summed E-state index contributed by atoms with van der Waals surface area (Å²) in [6.07, 6.45) is 2.47. The number of nitrogens with zero attached hydrogens (tertiary/aromatic N) is 1. The molecule has 152 valence electrons. The van der Waals surface area contributed by atoms with Crippen molar-refractivity contribution < 1.29 is 13.2 Å². The van der Waals surface area contributed by atoms with E-state index in [0.29, 0.717) is 10.5 Å². The quantitative estimate of drug-likeness (QED) is 0.754. The minimum atomic E-state index is -3.61. The van der Waals surface area contributed by atoms with Crippen molar-refractivity contribution in [3.63, 3.8) is 0 Å². The van der Waals surface area contributed by atoms with Crippen molar-refractivity contribution in [2.24, 2.45) is 0 Å². The molecule has 1 aliphatic heterocycles. The lowest BCUT2D eigenvalue weighted by molar-refractivity contribution is 0.406. The Balaban J connectivity index is 1.76. The van der Waals surface area contributed by atoms with Crippen LogP contribution in [0.3, 0.4) is 0 Å². The van der Waals surface area contributed by atoms with Gasteiger partial charge in [0.15, 0.2) is 0 Å². The molecule has 0 aliphatic carbocycles. The van der Waals surface area contributed by atoms with Gasteiger partial charge in [-0.2, -0.15) is 0 Å². The second kappa shape index (κ2) is 8.53. The molecule has 0 spiro atoms. The molecule has 2 aromatic rings. The molecule has 1 saturated heterocycles. The van der Waals surface area contributed by atoms with Crippen molar-refractivity contribution in [2.75, 3.05) is 25.1 Å². The number of benzene rings is 2. The van der Waals surface area contributed by atoms with Crippen LogP contribution in [0.25, 0.3) is 0 Å². The topological polar surface area (TPSA) is 58.6 Å². The normalized spacial score (nSPS) is 14.7. The van der Waals surface area contributed by atoms with Gasteiger partial charge in [-0.05, 0) is 66.6 Å². The second-order valence-corrected chi connectivity index (χ2v) is 9.43. The maximum absolute atomic E-state index is 12.9. The number of methoxy groups -OCH3 is 1. The number of sulfonamides is 1. The van der Waals surface area contributed by atoms with Crippen molar-refractivity contribution in [3.8, 4) is 5.75 Å². The number of rotatable bonds is 7. The standard InChI is InChI=1S/C22H30N2O3S/c1-16(2)20-14-22(17(3)13-21(20)27-4)28(25,26)23-15-18-7-9-19(10-8-18)24-11-5-6-12-24/h7-10,13-14,16,23H,5-6,11-12,15H2,1-4H3. The Kier molecular flexibility index (Phi) is 6.30. The highest BCUT2D eigenvalue weighted by Crippen LogP contribution is 2.31. The summed E-state index contributed by atoms with van der Waals surface area (Å²) in [5.41, 5.74) is 3.72. The summed E-state index contributed by atoms with van der Waals surface area (Å²) in [6, 6.07) is 11.7. The van der Waals surface area contributed by atoms with Gasteiger partial charge in [0.2, 0.25) is 10.0 Å². The van der Waals surface area contributed by atoms with Crippen LogP contribution < -0.4 is 14.4 Å². The van der Waals surface area contributed by atoms with Gasteiger partial charge in [0, 0.05) is 25.3 Å². The fraction of sp³-hybridized carbons (Fsp3) is 0.455. The molecule has 0 saturated carbocycles. The van der Waals surface area contributed by atoms with E-state index in [1.807, 2.05) is 26.0 Å². The highest BCUT2D eigenvalue weighted by atomic mass is 32.2. The van der Waals surface area contributed by atoms with Crippen molar-refractivity contribution in [2.45, 2.75) is 51.0 Å². The molecular formula is C22H30N2O3S. The van der Waals surface area contributed by atoms with Gasteiger partial charge in [0.25, 0.3) is 0 Å². The van der Waals surface area contributed by atoms with Crippen LogP contribution in [0.5, 0.6) is 5.75 Å². The molecule has 0 aromatic heterocycles. The molecule has 0 unspecified atom stereocenters. The number of ether oxygens (including phenoxy) is 1. The molecule has 0 atom stereocenters. The zero-order valence-electron chi connectivity index (χ0n) is 17.2. The van der Waals surface area contributed by atoms with E-state index in [1.165, 1.54) is 18.5 Å². The van der Waals surface area contributed by atoms with E-state index in [2.05, 4.69) is 21.8 Å². The van der Waals surface area contributed by atoms with E-state index in [9.17, 15) is 8.42 Å². The summed E-state index contributed by atoms with van der Waals surface area (Å²) < 4.78 is 34.0. The van der Waals surface area contributed by atoms with E-state index < -0.39 is 10.0 Å². The van der Waals surface area contributed by atoms with Crippen LogP contribution in [0.1, 0.15) is 49.3 Å². The summed E-state index contributed by atoms with van der Waals surface area (Å²) in [6.45, 7) is 8.32. The smallest absolute Gasteiger partial charge is 0.241 e. The zero-order valence-corrected chi connectivity index (χ0v) is 18.0. The third-order valence-corrected chi connectivity index (χ3v) is 6.86. The number of anilines is 1. The van der Waals surface area contributed by atoms with Crippen LogP contribution in [0, 0.1) is 6.92 Å². The number of aryl methyl sites for hydroxylation is 1. The Morgan fingerprint density at radius 1 is 1.11 bits per heavy atom. The van der Waals surface area contributed by atoms with Crippen molar-refractivity contribution >= 4 is 15.7 Å².